The monoisotopic (exact) mass is 398 g/mol. The standard InChI is InChI=1S/C19H18N4O6/c1-11-3-5-14(8-16(11)22(26)27)20-19(25)13-7-18(24)21(10-13)15-6-4-12(2)17(9-15)23(28)29/h3-6,8-9,13H,7,10H2,1-2H3,(H,20,25)/t13-/m0/s1. The van der Waals surface area contributed by atoms with Gasteiger partial charge in [-0.3, -0.25) is 29.8 Å². The Kier molecular flexibility index (Phi) is 5.26. The van der Waals surface area contributed by atoms with Crippen LogP contribution in [0.4, 0.5) is 22.7 Å². The molecule has 0 spiro atoms. The van der Waals surface area contributed by atoms with Crippen molar-refractivity contribution >= 4 is 34.6 Å². The topological polar surface area (TPSA) is 136 Å². The molecule has 0 aromatic heterocycles. The van der Waals surface area contributed by atoms with Crippen LogP contribution in [0.5, 0.6) is 0 Å². The third kappa shape index (κ3) is 4.05. The van der Waals surface area contributed by atoms with Crippen molar-refractivity contribution in [2.75, 3.05) is 16.8 Å². The Morgan fingerprint density at radius 2 is 1.62 bits per heavy atom. The zero-order valence-electron chi connectivity index (χ0n) is 15.7. The summed E-state index contributed by atoms with van der Waals surface area (Å²) in [5.41, 5.74) is 1.35. The minimum Gasteiger partial charge on any atom is -0.326 e. The molecule has 0 radical (unpaired) electrons. The normalized spacial score (nSPS) is 16.0. The lowest BCUT2D eigenvalue weighted by molar-refractivity contribution is -0.385. The van der Waals surface area contributed by atoms with E-state index in [4.69, 9.17) is 0 Å². The van der Waals surface area contributed by atoms with E-state index in [0.717, 1.165) is 0 Å². The second-order valence-corrected chi connectivity index (χ2v) is 6.88. The van der Waals surface area contributed by atoms with Crippen LogP contribution >= 0.6 is 0 Å². The number of anilines is 2. The lowest BCUT2D eigenvalue weighted by Crippen LogP contribution is -2.28. The zero-order valence-corrected chi connectivity index (χ0v) is 15.7. The molecule has 1 atom stereocenters. The van der Waals surface area contributed by atoms with Crippen molar-refractivity contribution in [1.82, 2.24) is 0 Å². The third-order valence-electron chi connectivity index (χ3n) is 4.87. The van der Waals surface area contributed by atoms with E-state index in [2.05, 4.69) is 5.32 Å². The Balaban J connectivity index is 1.76. The maximum absolute atomic E-state index is 12.6. The van der Waals surface area contributed by atoms with E-state index in [0.29, 0.717) is 16.8 Å². The second kappa shape index (κ2) is 7.66. The molecule has 10 nitrogen and oxygen atoms in total. The van der Waals surface area contributed by atoms with Crippen LogP contribution in [-0.4, -0.2) is 28.2 Å². The number of nitro benzene ring substituents is 2. The molecule has 1 N–H and O–H groups in total. The van der Waals surface area contributed by atoms with E-state index in [1.807, 2.05) is 0 Å². The van der Waals surface area contributed by atoms with Crippen molar-refractivity contribution in [3.8, 4) is 0 Å². The van der Waals surface area contributed by atoms with Gasteiger partial charge in [-0.1, -0.05) is 12.1 Å². The van der Waals surface area contributed by atoms with Crippen molar-refractivity contribution in [2.45, 2.75) is 20.3 Å². The van der Waals surface area contributed by atoms with Gasteiger partial charge in [0.2, 0.25) is 11.8 Å². The Hall–Kier alpha value is -3.82. The fourth-order valence-corrected chi connectivity index (χ4v) is 3.22. The highest BCUT2D eigenvalue weighted by molar-refractivity contribution is 6.03. The summed E-state index contributed by atoms with van der Waals surface area (Å²) < 4.78 is 0. The SMILES string of the molecule is Cc1ccc(NC(=O)[C@H]2CC(=O)N(c3ccc(C)c([N+](=O)[O-])c3)C2)cc1[N+](=O)[O-]. The van der Waals surface area contributed by atoms with Gasteiger partial charge in [-0.15, -0.1) is 0 Å². The largest absolute Gasteiger partial charge is 0.326 e. The quantitative estimate of drug-likeness (QED) is 0.607. The molecule has 0 unspecified atom stereocenters. The van der Waals surface area contributed by atoms with Crippen LogP contribution in [0.15, 0.2) is 36.4 Å². The first-order chi connectivity index (χ1) is 13.7. The molecule has 1 aliphatic heterocycles. The molecule has 0 saturated carbocycles. The van der Waals surface area contributed by atoms with Crippen molar-refractivity contribution in [2.24, 2.45) is 5.92 Å². The van der Waals surface area contributed by atoms with E-state index in [1.165, 1.54) is 23.1 Å². The average Bonchev–Trinajstić information content (AvgIpc) is 3.05. The first-order valence-electron chi connectivity index (χ1n) is 8.78. The number of nitrogens with one attached hydrogen (secondary N) is 1. The van der Waals surface area contributed by atoms with Gasteiger partial charge in [0.05, 0.1) is 21.5 Å². The van der Waals surface area contributed by atoms with Crippen molar-refractivity contribution < 1.29 is 19.4 Å². The summed E-state index contributed by atoms with van der Waals surface area (Å²) in [4.78, 5) is 47.4. The highest BCUT2D eigenvalue weighted by atomic mass is 16.6. The molecular formula is C19H18N4O6. The van der Waals surface area contributed by atoms with Gasteiger partial charge in [-0.25, -0.2) is 0 Å². The molecule has 3 rings (SSSR count). The van der Waals surface area contributed by atoms with Crippen LogP contribution in [-0.2, 0) is 9.59 Å². The average molecular weight is 398 g/mol. The van der Waals surface area contributed by atoms with Crippen LogP contribution in [0, 0.1) is 40.0 Å². The van der Waals surface area contributed by atoms with Gasteiger partial charge < -0.3 is 10.2 Å². The fourth-order valence-electron chi connectivity index (χ4n) is 3.22. The Morgan fingerprint density at radius 1 is 1.03 bits per heavy atom. The number of hydrogen-bond acceptors (Lipinski definition) is 6. The first-order valence-corrected chi connectivity index (χ1v) is 8.78. The molecule has 2 aromatic carbocycles. The fraction of sp³-hybridized carbons (Fsp3) is 0.263. The zero-order chi connectivity index (χ0) is 21.3. The molecule has 0 aliphatic carbocycles. The number of carbonyl (C=O) groups excluding carboxylic acids is 2. The number of amides is 2. The van der Waals surface area contributed by atoms with Crippen molar-refractivity contribution in [1.29, 1.82) is 0 Å². The summed E-state index contributed by atoms with van der Waals surface area (Å²) in [5, 5.41) is 24.8. The molecule has 1 heterocycles. The van der Waals surface area contributed by atoms with Gasteiger partial charge in [-0.05, 0) is 26.0 Å². The number of hydrogen-bond donors (Lipinski definition) is 1. The Morgan fingerprint density at radius 3 is 2.24 bits per heavy atom. The van der Waals surface area contributed by atoms with Crippen molar-refractivity contribution in [3.05, 3.63) is 67.8 Å². The number of nitro groups is 2. The summed E-state index contributed by atoms with van der Waals surface area (Å²) in [7, 11) is 0. The van der Waals surface area contributed by atoms with Gasteiger partial charge in [0.1, 0.15) is 0 Å². The predicted octanol–water partition coefficient (Wildman–Crippen LogP) is 3.11. The summed E-state index contributed by atoms with van der Waals surface area (Å²) in [5.74, 6) is -1.44. The lowest BCUT2D eigenvalue weighted by atomic mass is 10.1. The van der Waals surface area contributed by atoms with E-state index >= 15 is 0 Å². The smallest absolute Gasteiger partial charge is 0.274 e. The summed E-state index contributed by atoms with van der Waals surface area (Å²) >= 11 is 0. The van der Waals surface area contributed by atoms with E-state index in [9.17, 15) is 29.8 Å². The van der Waals surface area contributed by atoms with E-state index in [1.54, 1.807) is 32.0 Å². The minimum absolute atomic E-state index is 0.0541. The number of carbonyl (C=O) groups is 2. The van der Waals surface area contributed by atoms with Gasteiger partial charge in [0.15, 0.2) is 0 Å². The molecule has 10 heteroatoms. The van der Waals surface area contributed by atoms with Gasteiger partial charge in [-0.2, -0.15) is 0 Å². The van der Waals surface area contributed by atoms with Crippen LogP contribution in [0.3, 0.4) is 0 Å². The van der Waals surface area contributed by atoms with Gasteiger partial charge in [0, 0.05) is 41.9 Å². The van der Waals surface area contributed by atoms with Crippen LogP contribution in [0.1, 0.15) is 17.5 Å². The van der Waals surface area contributed by atoms with Crippen LogP contribution < -0.4 is 10.2 Å². The Labute approximate surface area is 165 Å². The predicted molar refractivity (Wildman–Crippen MR) is 105 cm³/mol. The molecule has 29 heavy (non-hydrogen) atoms. The van der Waals surface area contributed by atoms with Gasteiger partial charge >= 0.3 is 0 Å². The van der Waals surface area contributed by atoms with Crippen LogP contribution in [0.2, 0.25) is 0 Å². The third-order valence-corrected chi connectivity index (χ3v) is 4.87. The molecule has 1 saturated heterocycles. The first kappa shape index (κ1) is 19.9. The number of rotatable bonds is 5. The van der Waals surface area contributed by atoms with Crippen molar-refractivity contribution in [3.63, 3.8) is 0 Å². The summed E-state index contributed by atoms with van der Waals surface area (Å²) in [6, 6.07) is 8.83. The molecule has 1 fully saturated rings. The minimum atomic E-state index is -0.678. The van der Waals surface area contributed by atoms with E-state index < -0.39 is 21.7 Å². The van der Waals surface area contributed by atoms with Gasteiger partial charge in [0.25, 0.3) is 11.4 Å². The molecule has 1 aliphatic rings. The summed E-state index contributed by atoms with van der Waals surface area (Å²) in [6.45, 7) is 3.27. The maximum Gasteiger partial charge on any atom is 0.274 e. The second-order valence-electron chi connectivity index (χ2n) is 6.88. The highest BCUT2D eigenvalue weighted by Gasteiger charge is 2.36. The molecule has 2 aromatic rings. The number of nitrogens with zero attached hydrogens (tertiary/aromatic N) is 3. The molecule has 150 valence electrons. The molecule has 0 bridgehead atoms. The van der Waals surface area contributed by atoms with Crippen LogP contribution in [0.25, 0.3) is 0 Å². The Bertz CT molecular complexity index is 1040. The molecule has 2 amide bonds. The maximum atomic E-state index is 12.6. The molecular weight excluding hydrogens is 380 g/mol. The number of aryl methyl sites for hydroxylation is 2. The van der Waals surface area contributed by atoms with E-state index in [-0.39, 0.29) is 35.9 Å². The highest BCUT2D eigenvalue weighted by Crippen LogP contribution is 2.31. The lowest BCUT2D eigenvalue weighted by Gasteiger charge is -2.17. The summed E-state index contributed by atoms with van der Waals surface area (Å²) in [6.07, 6.45) is -0.0541. The number of benzene rings is 2.